The van der Waals surface area contributed by atoms with E-state index in [2.05, 4.69) is 14.0 Å². The summed E-state index contributed by atoms with van der Waals surface area (Å²) >= 11 is 0. The first-order valence-corrected chi connectivity index (χ1v) is 6.83. The van der Waals surface area contributed by atoms with Crippen LogP contribution in [0.5, 0.6) is 0 Å². The number of ether oxygens (including phenoxy) is 1. The first kappa shape index (κ1) is 13.6. The minimum Gasteiger partial charge on any atom is -0.383 e. The highest BCUT2D eigenvalue weighted by atomic mass is 31.1. The van der Waals surface area contributed by atoms with Crippen LogP contribution in [0, 0.1) is 0 Å². The van der Waals surface area contributed by atoms with Gasteiger partial charge >= 0.3 is 19.9 Å². The van der Waals surface area contributed by atoms with Crippen molar-refractivity contribution in [2.24, 2.45) is 0 Å². The topological polar surface area (TPSA) is 106 Å². The predicted octanol–water partition coefficient (Wildman–Crippen LogP) is 0.163. The average Bonchev–Trinajstić information content (AvgIpc) is 2.62. The fraction of sp³-hybridized carbons (Fsp3) is 0.556. The number of nitrogens with two attached hydrogens (primary N) is 1. The van der Waals surface area contributed by atoms with Gasteiger partial charge < -0.3 is 15.0 Å². The van der Waals surface area contributed by atoms with Gasteiger partial charge in [0.15, 0.2) is 6.10 Å². The predicted molar refractivity (Wildman–Crippen MR) is 61.6 cm³/mol. The summed E-state index contributed by atoms with van der Waals surface area (Å²) < 4.78 is 54.6. The Balaban J connectivity index is 1.98. The Morgan fingerprint density at radius 1 is 1.55 bits per heavy atom. The van der Waals surface area contributed by atoms with Crippen LogP contribution in [-0.2, 0) is 18.3 Å². The molecule has 2 aliphatic heterocycles. The van der Waals surface area contributed by atoms with Gasteiger partial charge in [-0.2, -0.15) is 13.8 Å². The minimum atomic E-state index is -3.55. The number of halogens is 2. The largest absolute Gasteiger partial charge is 0.383 e. The van der Waals surface area contributed by atoms with E-state index in [1.54, 1.807) is 0 Å². The molecule has 0 bridgehead atoms. The zero-order valence-corrected chi connectivity index (χ0v) is 10.9. The normalized spacial score (nSPS) is 35.7. The molecule has 0 spiro atoms. The Hall–Kier alpha value is -1.35. The Morgan fingerprint density at radius 2 is 2.30 bits per heavy atom. The first-order valence-electron chi connectivity index (χ1n) is 5.61. The third-order valence-corrected chi connectivity index (χ3v) is 3.89. The lowest BCUT2D eigenvalue weighted by Crippen LogP contribution is -2.43. The Bertz CT molecular complexity index is 624. The lowest BCUT2D eigenvalue weighted by Gasteiger charge is -2.26. The van der Waals surface area contributed by atoms with E-state index in [1.807, 2.05) is 0 Å². The molecule has 4 atom stereocenters. The highest BCUT2D eigenvalue weighted by molar-refractivity contribution is 7.33. The highest BCUT2D eigenvalue weighted by Gasteiger charge is 2.63. The number of fused-ring (bicyclic) bond motifs is 1. The zero-order valence-electron chi connectivity index (χ0n) is 9.86. The van der Waals surface area contributed by atoms with E-state index in [4.69, 9.17) is 10.5 Å². The third kappa shape index (κ3) is 2.05. The van der Waals surface area contributed by atoms with Gasteiger partial charge in [0.05, 0.1) is 6.61 Å². The van der Waals surface area contributed by atoms with Crippen LogP contribution >= 0.6 is 8.25 Å². The second-order valence-corrected chi connectivity index (χ2v) is 5.37. The van der Waals surface area contributed by atoms with Crippen LogP contribution in [0.25, 0.3) is 0 Å². The van der Waals surface area contributed by atoms with Crippen LogP contribution in [0.4, 0.5) is 14.6 Å². The Morgan fingerprint density at radius 3 is 3.00 bits per heavy atom. The first-order chi connectivity index (χ1) is 9.39. The van der Waals surface area contributed by atoms with E-state index in [9.17, 15) is 18.1 Å². The summed E-state index contributed by atoms with van der Waals surface area (Å²) in [5.74, 6) is -3.63. The van der Waals surface area contributed by atoms with Crippen molar-refractivity contribution in [2.45, 2.75) is 24.4 Å². The number of nitrogen functional groups attached to an aromatic ring is 1. The van der Waals surface area contributed by atoms with Crippen molar-refractivity contribution in [3.63, 3.8) is 0 Å². The lowest BCUT2D eigenvalue weighted by molar-refractivity contribution is -0.135. The van der Waals surface area contributed by atoms with Crippen molar-refractivity contribution in [1.82, 2.24) is 9.55 Å². The van der Waals surface area contributed by atoms with Gasteiger partial charge in [-0.05, 0) is 6.07 Å². The van der Waals surface area contributed by atoms with Gasteiger partial charge in [-0.3, -0.25) is 13.7 Å². The third-order valence-electron chi connectivity index (χ3n) is 3.04. The quantitative estimate of drug-likeness (QED) is 0.737. The summed E-state index contributed by atoms with van der Waals surface area (Å²) in [6.07, 6.45) is -3.68. The molecule has 1 aromatic heterocycles. The number of alkyl halides is 2. The standard InChI is InChI=1S/C9H10F2N3O5P/c10-9(11)6-4(3-17-20(16)19-6)18-7(9)14-2-1-5(12)13-8(14)15/h1-2,4,6-7,20H,3H2,(H2,12,13,15)/t4-,6-,7-/m1/s1. The maximum atomic E-state index is 14.2. The molecule has 2 saturated heterocycles. The van der Waals surface area contributed by atoms with E-state index in [1.165, 1.54) is 6.07 Å². The maximum absolute atomic E-state index is 14.2. The van der Waals surface area contributed by atoms with Gasteiger partial charge in [0.25, 0.3) is 0 Å². The number of rotatable bonds is 1. The SMILES string of the molecule is Nc1ccn([C@@H]2O[C@@H]3CO[PH](=O)O[C@H]3C2(F)F)c(=O)n1. The van der Waals surface area contributed by atoms with Gasteiger partial charge in [0, 0.05) is 6.20 Å². The van der Waals surface area contributed by atoms with Crippen molar-refractivity contribution in [3.05, 3.63) is 22.7 Å². The molecule has 11 heteroatoms. The number of hydrogen-bond donors (Lipinski definition) is 1. The van der Waals surface area contributed by atoms with Crippen LogP contribution in [-0.4, -0.2) is 34.3 Å². The number of nitrogens with zero attached hydrogens (tertiary/aromatic N) is 2. The molecule has 2 N–H and O–H groups in total. The molecule has 0 aliphatic carbocycles. The Labute approximate surface area is 111 Å². The van der Waals surface area contributed by atoms with E-state index in [0.29, 0.717) is 4.57 Å². The summed E-state index contributed by atoms with van der Waals surface area (Å²) in [6.45, 7) is -0.286. The van der Waals surface area contributed by atoms with E-state index < -0.39 is 38.3 Å². The average molecular weight is 309 g/mol. The molecule has 0 saturated carbocycles. The van der Waals surface area contributed by atoms with Crippen LogP contribution in [0.15, 0.2) is 17.1 Å². The second kappa shape index (κ2) is 4.59. The summed E-state index contributed by atoms with van der Waals surface area (Å²) in [7, 11) is -2.97. The second-order valence-electron chi connectivity index (χ2n) is 4.34. The van der Waals surface area contributed by atoms with Gasteiger partial charge in [0.2, 0.25) is 6.23 Å². The summed E-state index contributed by atoms with van der Waals surface area (Å²) in [4.78, 5) is 15.0. The summed E-state index contributed by atoms with van der Waals surface area (Å²) in [5, 5.41) is 0. The monoisotopic (exact) mass is 309 g/mol. The molecule has 2 fully saturated rings. The molecule has 2 aliphatic rings. The van der Waals surface area contributed by atoms with Gasteiger partial charge in [-0.15, -0.1) is 0 Å². The number of hydrogen-bond acceptors (Lipinski definition) is 7. The fourth-order valence-corrected chi connectivity index (χ4v) is 3.03. The van der Waals surface area contributed by atoms with Crippen LogP contribution < -0.4 is 11.4 Å². The van der Waals surface area contributed by atoms with E-state index >= 15 is 0 Å². The van der Waals surface area contributed by atoms with Crippen molar-refractivity contribution < 1.29 is 27.1 Å². The molecule has 0 radical (unpaired) electrons. The molecule has 1 aromatic rings. The Kier molecular flexibility index (Phi) is 3.13. The number of aromatic nitrogens is 2. The molecular weight excluding hydrogens is 299 g/mol. The maximum Gasteiger partial charge on any atom is 0.351 e. The molecule has 0 aromatic carbocycles. The summed E-state index contributed by atoms with van der Waals surface area (Å²) in [6, 6.07) is 1.20. The van der Waals surface area contributed by atoms with Crippen molar-refractivity contribution in [1.29, 1.82) is 0 Å². The fourth-order valence-electron chi connectivity index (χ4n) is 2.14. The molecule has 20 heavy (non-hydrogen) atoms. The van der Waals surface area contributed by atoms with Gasteiger partial charge in [0.1, 0.15) is 11.9 Å². The molecule has 110 valence electrons. The smallest absolute Gasteiger partial charge is 0.351 e. The van der Waals surface area contributed by atoms with E-state index in [0.717, 1.165) is 6.20 Å². The minimum absolute atomic E-state index is 0.0883. The van der Waals surface area contributed by atoms with Gasteiger partial charge in [-0.25, -0.2) is 4.79 Å². The summed E-state index contributed by atoms with van der Waals surface area (Å²) in [5.41, 5.74) is 4.32. The van der Waals surface area contributed by atoms with Crippen molar-refractivity contribution in [2.75, 3.05) is 12.3 Å². The highest BCUT2D eigenvalue weighted by Crippen LogP contribution is 2.50. The molecule has 0 amide bonds. The lowest BCUT2D eigenvalue weighted by atomic mass is 10.1. The van der Waals surface area contributed by atoms with E-state index in [-0.39, 0.29) is 12.4 Å². The van der Waals surface area contributed by atoms with Gasteiger partial charge in [-0.1, -0.05) is 0 Å². The molecule has 8 nitrogen and oxygen atoms in total. The zero-order chi connectivity index (χ0) is 14.5. The van der Waals surface area contributed by atoms with Crippen molar-refractivity contribution >= 4 is 14.1 Å². The van der Waals surface area contributed by atoms with Crippen LogP contribution in [0.3, 0.4) is 0 Å². The van der Waals surface area contributed by atoms with Crippen LogP contribution in [0.2, 0.25) is 0 Å². The molecule has 3 heterocycles. The van der Waals surface area contributed by atoms with Crippen molar-refractivity contribution in [3.8, 4) is 0 Å². The van der Waals surface area contributed by atoms with Crippen LogP contribution in [0.1, 0.15) is 6.23 Å². The number of anilines is 1. The molecule has 1 unspecified atom stereocenters. The molecule has 3 rings (SSSR count). The molecular formula is C9H10F2N3O5P.